The molecule has 0 saturated carbocycles. The van der Waals surface area contributed by atoms with Crippen molar-refractivity contribution in [2.24, 2.45) is 5.92 Å². The smallest absolute Gasteiger partial charge is 0.493 e. The molecule has 2 N–H and O–H groups in total. The predicted octanol–water partition coefficient (Wildman–Crippen LogP) is 4.68. The van der Waals surface area contributed by atoms with E-state index in [2.05, 4.69) is 25.3 Å². The quantitative estimate of drug-likeness (QED) is 0.365. The maximum absolute atomic E-state index is 12.9. The lowest BCUT2D eigenvalue weighted by Crippen LogP contribution is -2.43. The van der Waals surface area contributed by atoms with Crippen LogP contribution in [0.4, 0.5) is 30.6 Å². The molecule has 2 aromatic carbocycles. The number of halogens is 3. The van der Waals surface area contributed by atoms with Crippen molar-refractivity contribution in [3.8, 4) is 23.0 Å². The largest absolute Gasteiger partial charge is 0.573 e. The van der Waals surface area contributed by atoms with Crippen LogP contribution >= 0.6 is 0 Å². The van der Waals surface area contributed by atoms with Crippen LogP contribution in [-0.2, 0) is 11.3 Å². The maximum atomic E-state index is 12.9. The van der Waals surface area contributed by atoms with E-state index in [-0.39, 0.29) is 24.1 Å². The van der Waals surface area contributed by atoms with E-state index in [1.54, 1.807) is 30.5 Å². The van der Waals surface area contributed by atoms with E-state index in [0.717, 1.165) is 6.42 Å². The zero-order valence-corrected chi connectivity index (χ0v) is 22.2. The van der Waals surface area contributed by atoms with Crippen LogP contribution in [0.5, 0.6) is 23.0 Å². The van der Waals surface area contributed by atoms with Gasteiger partial charge < -0.3 is 34.5 Å². The van der Waals surface area contributed by atoms with Crippen molar-refractivity contribution >= 4 is 23.4 Å². The monoisotopic (exact) mass is 561 g/mol. The average Bonchev–Trinajstić information content (AvgIpc) is 2.94. The number of ether oxygens (including phenoxy) is 4. The van der Waals surface area contributed by atoms with Gasteiger partial charge in [-0.3, -0.25) is 4.79 Å². The van der Waals surface area contributed by atoms with Crippen LogP contribution in [0.3, 0.4) is 0 Å². The molecule has 0 unspecified atom stereocenters. The van der Waals surface area contributed by atoms with E-state index in [1.165, 1.54) is 39.5 Å². The fourth-order valence-corrected chi connectivity index (χ4v) is 4.45. The van der Waals surface area contributed by atoms with Crippen molar-refractivity contribution in [1.82, 2.24) is 15.3 Å². The van der Waals surface area contributed by atoms with Crippen LogP contribution in [0.15, 0.2) is 48.7 Å². The molecule has 0 aliphatic carbocycles. The third-order valence-electron chi connectivity index (χ3n) is 6.28. The second-order valence-electron chi connectivity index (χ2n) is 8.98. The molecule has 1 atom stereocenters. The van der Waals surface area contributed by atoms with Crippen LogP contribution in [0.2, 0.25) is 0 Å². The Kier molecular flexibility index (Phi) is 9.02. The van der Waals surface area contributed by atoms with Gasteiger partial charge in [0.05, 0.1) is 27.2 Å². The van der Waals surface area contributed by atoms with Crippen molar-refractivity contribution in [1.29, 1.82) is 0 Å². The van der Waals surface area contributed by atoms with Gasteiger partial charge in [0.2, 0.25) is 17.6 Å². The SMILES string of the molecule is COc1cc(Nc2nccc(N3CCC[C@@H](C(=O)NCc4cccc(OC(F)(F)F)c4)C3)n2)cc(OC)c1OC. The van der Waals surface area contributed by atoms with Crippen molar-refractivity contribution in [2.75, 3.05) is 44.6 Å². The zero-order valence-electron chi connectivity index (χ0n) is 22.2. The zero-order chi connectivity index (χ0) is 28.7. The molecule has 0 spiro atoms. The summed E-state index contributed by atoms with van der Waals surface area (Å²) in [6, 6.07) is 10.8. The standard InChI is InChI=1S/C27H30F3N5O5/c1-37-21-13-19(14-22(38-2)24(21)39-3)33-26-31-10-9-23(34-26)35-11-5-7-18(16-35)25(36)32-15-17-6-4-8-20(12-17)40-27(28,29)30/h4,6,8-10,12-14,18H,5,7,11,15-16H2,1-3H3,(H,32,36)(H,31,33,34)/t18-/m1/s1. The van der Waals surface area contributed by atoms with Gasteiger partial charge in [0.1, 0.15) is 11.6 Å². The van der Waals surface area contributed by atoms with Crippen LogP contribution in [0.25, 0.3) is 0 Å². The fourth-order valence-electron chi connectivity index (χ4n) is 4.45. The van der Waals surface area contributed by atoms with Crippen molar-refractivity contribution < 1.29 is 36.9 Å². The Labute approximate surface area is 229 Å². The van der Waals surface area contributed by atoms with Gasteiger partial charge in [0.15, 0.2) is 11.5 Å². The second-order valence-corrected chi connectivity index (χ2v) is 8.98. The third-order valence-corrected chi connectivity index (χ3v) is 6.28. The van der Waals surface area contributed by atoms with Crippen molar-refractivity contribution in [3.63, 3.8) is 0 Å². The highest BCUT2D eigenvalue weighted by atomic mass is 19.4. The first-order valence-electron chi connectivity index (χ1n) is 12.5. The molecule has 0 radical (unpaired) electrons. The van der Waals surface area contributed by atoms with E-state index in [9.17, 15) is 18.0 Å². The number of rotatable bonds is 10. The van der Waals surface area contributed by atoms with Crippen molar-refractivity contribution in [2.45, 2.75) is 25.7 Å². The summed E-state index contributed by atoms with van der Waals surface area (Å²) < 4.78 is 57.6. The molecule has 4 rings (SSSR count). The summed E-state index contributed by atoms with van der Waals surface area (Å²) in [6.07, 6.45) is -1.70. The Bertz CT molecular complexity index is 1300. The van der Waals surface area contributed by atoms with Crippen LogP contribution in [0, 0.1) is 5.92 Å². The number of piperidine rings is 1. The number of carbonyl (C=O) groups is 1. The highest BCUT2D eigenvalue weighted by Gasteiger charge is 2.31. The first-order chi connectivity index (χ1) is 19.2. The summed E-state index contributed by atoms with van der Waals surface area (Å²) in [7, 11) is 4.58. The number of methoxy groups -OCH3 is 3. The number of hydrogen-bond donors (Lipinski definition) is 2. The molecule has 2 heterocycles. The van der Waals surface area contributed by atoms with Gasteiger partial charge in [0.25, 0.3) is 0 Å². The molecular weight excluding hydrogens is 531 g/mol. The average molecular weight is 562 g/mol. The number of nitrogens with one attached hydrogen (secondary N) is 2. The van der Waals surface area contributed by atoms with Gasteiger partial charge in [-0.25, -0.2) is 4.98 Å². The summed E-state index contributed by atoms with van der Waals surface area (Å²) in [6.45, 7) is 1.23. The molecular formula is C27H30F3N5O5. The van der Waals surface area contributed by atoms with Gasteiger partial charge in [-0.1, -0.05) is 12.1 Å². The van der Waals surface area contributed by atoms with Gasteiger partial charge in [-0.05, 0) is 36.6 Å². The molecule has 10 nitrogen and oxygen atoms in total. The van der Waals surface area contributed by atoms with Gasteiger partial charge in [0, 0.05) is 43.7 Å². The molecule has 40 heavy (non-hydrogen) atoms. The molecule has 13 heteroatoms. The lowest BCUT2D eigenvalue weighted by molar-refractivity contribution is -0.274. The minimum Gasteiger partial charge on any atom is -0.493 e. The van der Waals surface area contributed by atoms with Gasteiger partial charge >= 0.3 is 6.36 Å². The second kappa shape index (κ2) is 12.6. The summed E-state index contributed by atoms with van der Waals surface area (Å²) in [4.78, 5) is 23.9. The lowest BCUT2D eigenvalue weighted by Gasteiger charge is -2.33. The minimum absolute atomic E-state index is 0.0841. The predicted molar refractivity (Wildman–Crippen MR) is 141 cm³/mol. The lowest BCUT2D eigenvalue weighted by atomic mass is 9.97. The number of aromatic nitrogens is 2. The van der Waals surface area contributed by atoms with Crippen LogP contribution in [-0.4, -0.2) is 56.7 Å². The fraction of sp³-hybridized carbons (Fsp3) is 0.370. The van der Waals surface area contributed by atoms with Crippen LogP contribution < -0.4 is 34.5 Å². The van der Waals surface area contributed by atoms with Crippen molar-refractivity contribution in [3.05, 3.63) is 54.2 Å². The molecule has 1 aromatic heterocycles. The molecule has 1 saturated heterocycles. The maximum Gasteiger partial charge on any atom is 0.573 e. The van der Waals surface area contributed by atoms with Crippen LogP contribution in [0.1, 0.15) is 18.4 Å². The highest BCUT2D eigenvalue weighted by Crippen LogP contribution is 2.40. The molecule has 1 aliphatic heterocycles. The summed E-state index contributed by atoms with van der Waals surface area (Å²) >= 11 is 0. The van der Waals surface area contributed by atoms with E-state index in [4.69, 9.17) is 14.2 Å². The van der Waals surface area contributed by atoms with E-state index in [1.807, 2.05) is 4.90 Å². The molecule has 3 aromatic rings. The van der Waals surface area contributed by atoms with Gasteiger partial charge in [-0.2, -0.15) is 4.98 Å². The summed E-state index contributed by atoms with van der Waals surface area (Å²) in [5.41, 5.74) is 1.13. The molecule has 1 fully saturated rings. The Morgan fingerprint density at radius 2 is 1.82 bits per heavy atom. The first kappa shape index (κ1) is 28.6. The molecule has 0 bridgehead atoms. The number of alkyl halides is 3. The molecule has 214 valence electrons. The highest BCUT2D eigenvalue weighted by molar-refractivity contribution is 5.79. The number of carbonyl (C=O) groups excluding carboxylic acids is 1. The molecule has 1 amide bonds. The molecule has 1 aliphatic rings. The minimum atomic E-state index is -4.78. The van der Waals surface area contributed by atoms with E-state index in [0.29, 0.717) is 59.8 Å². The number of anilines is 3. The Hall–Kier alpha value is -4.42. The van der Waals surface area contributed by atoms with E-state index >= 15 is 0 Å². The Morgan fingerprint density at radius 1 is 1.07 bits per heavy atom. The summed E-state index contributed by atoms with van der Waals surface area (Å²) in [5, 5.41) is 5.98. The first-order valence-corrected chi connectivity index (χ1v) is 12.5. The number of nitrogens with zero attached hydrogens (tertiary/aromatic N) is 3. The summed E-state index contributed by atoms with van der Waals surface area (Å²) in [5.74, 6) is 1.59. The Morgan fingerprint density at radius 3 is 2.50 bits per heavy atom. The van der Waals surface area contributed by atoms with Gasteiger partial charge in [-0.15, -0.1) is 13.2 Å². The normalized spacial score (nSPS) is 15.2. The van der Waals surface area contributed by atoms with E-state index < -0.39 is 6.36 Å². The number of hydrogen-bond acceptors (Lipinski definition) is 9. The number of benzene rings is 2. The number of amides is 1. The topological polar surface area (TPSA) is 107 Å². The Balaban J connectivity index is 1.39. The third kappa shape index (κ3) is 7.36.